The molecule has 0 amide bonds. The molecule has 1 saturated carbocycles. The minimum Gasteiger partial charge on any atom is -0.354 e. The predicted molar refractivity (Wildman–Crippen MR) is 81.6 cm³/mol. The van der Waals surface area contributed by atoms with Crippen molar-refractivity contribution < 1.29 is 0 Å². The molecule has 1 aliphatic carbocycles. The summed E-state index contributed by atoms with van der Waals surface area (Å²) in [6, 6.07) is 1.85. The second-order valence-electron chi connectivity index (χ2n) is 5.32. The van der Waals surface area contributed by atoms with Gasteiger partial charge in [-0.05, 0) is 24.8 Å². The van der Waals surface area contributed by atoms with E-state index in [9.17, 15) is 0 Å². The zero-order valence-corrected chi connectivity index (χ0v) is 12.3. The third-order valence-corrected chi connectivity index (χ3v) is 3.40. The average molecular weight is 287 g/mol. The van der Waals surface area contributed by atoms with Crippen molar-refractivity contribution in [2.24, 2.45) is 5.92 Å². The van der Waals surface area contributed by atoms with E-state index >= 15 is 0 Å². The van der Waals surface area contributed by atoms with Crippen molar-refractivity contribution in [3.05, 3.63) is 18.5 Å². The summed E-state index contributed by atoms with van der Waals surface area (Å²) in [6.07, 6.45) is 8.46. The van der Waals surface area contributed by atoms with Crippen molar-refractivity contribution in [3.63, 3.8) is 0 Å². The standard InChI is InChI=1S/C14H21N7/c1-2-7-15-12-18-13(16-9-6-11-4-5-11)20-14(19-12)21-10-3-8-17-21/h3,8,10-11H,2,4-7,9H2,1H3,(H2,15,16,18,19,20). The molecule has 1 fully saturated rings. The second-order valence-corrected chi connectivity index (χ2v) is 5.32. The van der Waals surface area contributed by atoms with Gasteiger partial charge in [-0.25, -0.2) is 4.68 Å². The third-order valence-electron chi connectivity index (χ3n) is 3.40. The lowest BCUT2D eigenvalue weighted by Gasteiger charge is -2.09. The van der Waals surface area contributed by atoms with E-state index in [4.69, 9.17) is 0 Å². The van der Waals surface area contributed by atoms with Gasteiger partial charge in [-0.15, -0.1) is 0 Å². The van der Waals surface area contributed by atoms with Crippen LogP contribution in [0.2, 0.25) is 0 Å². The van der Waals surface area contributed by atoms with E-state index in [2.05, 4.69) is 37.6 Å². The lowest BCUT2D eigenvalue weighted by molar-refractivity contribution is 0.748. The van der Waals surface area contributed by atoms with E-state index in [0.717, 1.165) is 25.4 Å². The Morgan fingerprint density at radius 3 is 2.52 bits per heavy atom. The molecule has 0 spiro atoms. The molecule has 0 radical (unpaired) electrons. The Morgan fingerprint density at radius 1 is 1.14 bits per heavy atom. The molecule has 2 N–H and O–H groups in total. The Kier molecular flexibility index (Phi) is 4.28. The van der Waals surface area contributed by atoms with Gasteiger partial charge in [0.25, 0.3) is 5.95 Å². The lowest BCUT2D eigenvalue weighted by Crippen LogP contribution is -2.14. The summed E-state index contributed by atoms with van der Waals surface area (Å²) in [5.41, 5.74) is 0. The number of hydrogen-bond donors (Lipinski definition) is 2. The molecule has 0 saturated heterocycles. The second kappa shape index (κ2) is 6.51. The van der Waals surface area contributed by atoms with E-state index in [-0.39, 0.29) is 0 Å². The summed E-state index contributed by atoms with van der Waals surface area (Å²) < 4.78 is 1.64. The van der Waals surface area contributed by atoms with Gasteiger partial charge in [0.1, 0.15) is 0 Å². The van der Waals surface area contributed by atoms with Crippen LogP contribution < -0.4 is 10.6 Å². The molecule has 2 aromatic heterocycles. The molecule has 2 aromatic rings. The van der Waals surface area contributed by atoms with Gasteiger partial charge in [0.05, 0.1) is 0 Å². The number of nitrogens with one attached hydrogen (secondary N) is 2. The minimum atomic E-state index is 0.530. The molecule has 0 atom stereocenters. The smallest absolute Gasteiger partial charge is 0.257 e. The Balaban J connectivity index is 1.74. The maximum atomic E-state index is 4.43. The number of aromatic nitrogens is 5. The fourth-order valence-electron chi connectivity index (χ4n) is 2.04. The van der Waals surface area contributed by atoms with Crippen molar-refractivity contribution in [2.45, 2.75) is 32.6 Å². The SMILES string of the molecule is CCCNc1nc(NCCC2CC2)nc(-n2cccn2)n1. The Bertz CT molecular complexity index is 563. The summed E-state index contributed by atoms with van der Waals surface area (Å²) in [6.45, 7) is 3.85. The normalized spacial score (nSPS) is 14.1. The van der Waals surface area contributed by atoms with Crippen LogP contribution in [0.25, 0.3) is 5.95 Å². The predicted octanol–water partition coefficient (Wildman–Crippen LogP) is 2.09. The first-order valence-electron chi connectivity index (χ1n) is 7.59. The molecule has 7 nitrogen and oxygen atoms in total. The fraction of sp³-hybridized carbons (Fsp3) is 0.571. The highest BCUT2D eigenvalue weighted by Gasteiger charge is 2.20. The molecule has 2 heterocycles. The van der Waals surface area contributed by atoms with Crippen molar-refractivity contribution in [1.29, 1.82) is 0 Å². The van der Waals surface area contributed by atoms with Gasteiger partial charge in [-0.2, -0.15) is 20.1 Å². The summed E-state index contributed by atoms with van der Waals surface area (Å²) >= 11 is 0. The molecule has 3 rings (SSSR count). The monoisotopic (exact) mass is 287 g/mol. The van der Waals surface area contributed by atoms with E-state index in [1.165, 1.54) is 19.3 Å². The van der Waals surface area contributed by atoms with Crippen LogP contribution in [0.4, 0.5) is 11.9 Å². The van der Waals surface area contributed by atoms with Crippen LogP contribution in [0.1, 0.15) is 32.6 Å². The summed E-state index contributed by atoms with van der Waals surface area (Å²) in [7, 11) is 0. The molecule has 0 unspecified atom stereocenters. The van der Waals surface area contributed by atoms with Gasteiger partial charge in [0, 0.05) is 25.5 Å². The average Bonchev–Trinajstić information content (AvgIpc) is 3.15. The van der Waals surface area contributed by atoms with Gasteiger partial charge in [0.2, 0.25) is 11.9 Å². The molecule has 0 aliphatic heterocycles. The zero-order valence-electron chi connectivity index (χ0n) is 12.3. The molecule has 0 bridgehead atoms. The first kappa shape index (κ1) is 13.8. The zero-order chi connectivity index (χ0) is 14.5. The van der Waals surface area contributed by atoms with E-state index < -0.39 is 0 Å². The number of hydrogen-bond acceptors (Lipinski definition) is 6. The molecule has 21 heavy (non-hydrogen) atoms. The van der Waals surface area contributed by atoms with Crippen LogP contribution in [0.5, 0.6) is 0 Å². The summed E-state index contributed by atoms with van der Waals surface area (Å²) in [4.78, 5) is 13.2. The number of rotatable bonds is 8. The van der Waals surface area contributed by atoms with E-state index in [1.54, 1.807) is 10.9 Å². The molecule has 7 heteroatoms. The third kappa shape index (κ3) is 3.90. The van der Waals surface area contributed by atoms with Crippen molar-refractivity contribution >= 4 is 11.9 Å². The molecule has 0 aromatic carbocycles. The molecule has 1 aliphatic rings. The van der Waals surface area contributed by atoms with Crippen LogP contribution in [0, 0.1) is 5.92 Å². The molecular formula is C14H21N7. The van der Waals surface area contributed by atoms with Gasteiger partial charge in [0.15, 0.2) is 0 Å². The van der Waals surface area contributed by atoms with Gasteiger partial charge in [-0.3, -0.25) is 0 Å². The maximum absolute atomic E-state index is 4.43. The quantitative estimate of drug-likeness (QED) is 0.774. The van der Waals surface area contributed by atoms with Gasteiger partial charge in [-0.1, -0.05) is 19.8 Å². The van der Waals surface area contributed by atoms with Crippen molar-refractivity contribution in [3.8, 4) is 5.95 Å². The lowest BCUT2D eigenvalue weighted by atomic mass is 10.3. The first-order chi connectivity index (χ1) is 10.3. The largest absolute Gasteiger partial charge is 0.354 e. The highest BCUT2D eigenvalue weighted by molar-refractivity contribution is 5.37. The minimum absolute atomic E-state index is 0.530. The molecular weight excluding hydrogens is 266 g/mol. The van der Waals surface area contributed by atoms with E-state index in [0.29, 0.717) is 17.8 Å². The Morgan fingerprint density at radius 2 is 1.90 bits per heavy atom. The van der Waals surface area contributed by atoms with E-state index in [1.807, 2.05) is 12.3 Å². The first-order valence-corrected chi connectivity index (χ1v) is 7.59. The number of anilines is 2. The fourth-order valence-corrected chi connectivity index (χ4v) is 2.04. The van der Waals surface area contributed by atoms with Crippen molar-refractivity contribution in [2.75, 3.05) is 23.7 Å². The Hall–Kier alpha value is -2.18. The Labute approximate surface area is 124 Å². The van der Waals surface area contributed by atoms with Crippen LogP contribution in [-0.2, 0) is 0 Å². The maximum Gasteiger partial charge on any atom is 0.257 e. The summed E-state index contributed by atoms with van der Waals surface area (Å²) in [5.74, 6) is 2.62. The van der Waals surface area contributed by atoms with Crippen molar-refractivity contribution in [1.82, 2.24) is 24.7 Å². The van der Waals surface area contributed by atoms with Crippen LogP contribution in [0.3, 0.4) is 0 Å². The van der Waals surface area contributed by atoms with Crippen LogP contribution in [-0.4, -0.2) is 37.8 Å². The number of nitrogens with zero attached hydrogens (tertiary/aromatic N) is 5. The van der Waals surface area contributed by atoms with Gasteiger partial charge < -0.3 is 10.6 Å². The molecule has 112 valence electrons. The summed E-state index contributed by atoms with van der Waals surface area (Å²) in [5, 5.41) is 10.7. The highest BCUT2D eigenvalue weighted by atomic mass is 15.4. The highest BCUT2D eigenvalue weighted by Crippen LogP contribution is 2.31. The van der Waals surface area contributed by atoms with Gasteiger partial charge >= 0.3 is 0 Å². The van der Waals surface area contributed by atoms with Crippen LogP contribution in [0.15, 0.2) is 18.5 Å². The topological polar surface area (TPSA) is 80.5 Å². The van der Waals surface area contributed by atoms with Crippen LogP contribution >= 0.6 is 0 Å².